The molecule has 0 radical (unpaired) electrons. The Hall–Kier alpha value is -1.02. The maximum absolute atomic E-state index is 6.54. The second-order valence-electron chi connectivity index (χ2n) is 5.37. The van der Waals surface area contributed by atoms with Crippen molar-refractivity contribution in [3.63, 3.8) is 0 Å². The number of nitrogens with zero attached hydrogens (tertiary/aromatic N) is 1. The van der Waals surface area contributed by atoms with Gasteiger partial charge in [0.1, 0.15) is 5.52 Å². The van der Waals surface area contributed by atoms with Gasteiger partial charge in [0.25, 0.3) is 0 Å². The molecule has 96 valence electrons. The second-order valence-corrected chi connectivity index (χ2v) is 5.93. The van der Waals surface area contributed by atoms with Crippen LogP contribution in [0.1, 0.15) is 32.1 Å². The fraction of sp³-hybridized carbons (Fsp3) is 0.533. The molecule has 1 aromatic carbocycles. The van der Waals surface area contributed by atoms with E-state index in [-0.39, 0.29) is 5.38 Å². The number of benzene rings is 1. The van der Waals surface area contributed by atoms with Gasteiger partial charge in [-0.3, -0.25) is 0 Å². The van der Waals surface area contributed by atoms with Crippen LogP contribution in [-0.4, -0.2) is 10.4 Å². The maximum Gasteiger partial charge on any atom is 0.196 e. The van der Waals surface area contributed by atoms with E-state index in [1.165, 1.54) is 19.3 Å². The third-order valence-corrected chi connectivity index (χ3v) is 4.58. The Labute approximate surface area is 112 Å². The third kappa shape index (κ3) is 2.26. The van der Waals surface area contributed by atoms with Crippen LogP contribution in [0.4, 0.5) is 0 Å². The molecule has 1 aliphatic rings. The Morgan fingerprint density at radius 3 is 2.94 bits per heavy atom. The molecule has 3 rings (SSSR count). The van der Waals surface area contributed by atoms with Crippen LogP contribution in [0.25, 0.3) is 11.1 Å². The van der Waals surface area contributed by atoms with Crippen LogP contribution < -0.4 is 0 Å². The van der Waals surface area contributed by atoms with Crippen molar-refractivity contribution in [1.82, 2.24) is 4.98 Å². The number of para-hydroxylation sites is 2. The molecule has 0 aliphatic heterocycles. The lowest BCUT2D eigenvalue weighted by Crippen LogP contribution is -2.19. The Morgan fingerprint density at radius 2 is 2.22 bits per heavy atom. The summed E-state index contributed by atoms with van der Waals surface area (Å²) in [6.45, 7) is 2.30. The zero-order chi connectivity index (χ0) is 12.5. The molecule has 0 saturated heterocycles. The molecule has 1 fully saturated rings. The van der Waals surface area contributed by atoms with Crippen LogP contribution in [0.3, 0.4) is 0 Å². The fourth-order valence-electron chi connectivity index (χ4n) is 3.04. The van der Waals surface area contributed by atoms with Crippen molar-refractivity contribution in [2.45, 2.75) is 38.0 Å². The smallest absolute Gasteiger partial charge is 0.196 e. The van der Waals surface area contributed by atoms with Gasteiger partial charge in [-0.25, -0.2) is 4.98 Å². The lowest BCUT2D eigenvalue weighted by molar-refractivity contribution is 0.381. The molecule has 3 heteroatoms. The van der Waals surface area contributed by atoms with E-state index in [2.05, 4.69) is 11.9 Å². The second kappa shape index (κ2) is 4.93. The van der Waals surface area contributed by atoms with Gasteiger partial charge in [-0.05, 0) is 30.4 Å². The van der Waals surface area contributed by atoms with Gasteiger partial charge < -0.3 is 4.42 Å². The van der Waals surface area contributed by atoms with Crippen LogP contribution in [0.5, 0.6) is 0 Å². The first kappa shape index (κ1) is 12.0. The minimum absolute atomic E-state index is 0.149. The maximum atomic E-state index is 6.54. The normalized spacial score (nSPS) is 25.7. The molecule has 1 heterocycles. The van der Waals surface area contributed by atoms with Crippen molar-refractivity contribution < 1.29 is 4.42 Å². The first-order chi connectivity index (χ1) is 8.74. The minimum atomic E-state index is 0.149. The lowest BCUT2D eigenvalue weighted by atomic mass is 9.93. The predicted octanol–water partition coefficient (Wildman–Crippen LogP) is 4.41. The van der Waals surface area contributed by atoms with E-state index in [4.69, 9.17) is 16.0 Å². The summed E-state index contributed by atoms with van der Waals surface area (Å²) in [5.41, 5.74) is 1.78. The summed E-state index contributed by atoms with van der Waals surface area (Å²) in [7, 11) is 0. The summed E-state index contributed by atoms with van der Waals surface area (Å²) in [6.07, 6.45) is 4.60. The van der Waals surface area contributed by atoms with E-state index >= 15 is 0 Å². The molecule has 3 atom stereocenters. The van der Waals surface area contributed by atoms with Crippen LogP contribution in [-0.2, 0) is 6.42 Å². The molecular formula is C15H18ClNO. The molecule has 1 saturated carbocycles. The molecule has 2 nitrogen and oxygen atoms in total. The Balaban J connectivity index is 1.75. The highest BCUT2D eigenvalue weighted by Crippen LogP contribution is 2.37. The SMILES string of the molecule is CC1CCCC1C(Cl)Cc1nc2ccccc2o1. The zero-order valence-corrected chi connectivity index (χ0v) is 11.4. The molecule has 0 spiro atoms. The van der Waals surface area contributed by atoms with Crippen molar-refractivity contribution in [1.29, 1.82) is 0 Å². The van der Waals surface area contributed by atoms with Crippen molar-refractivity contribution in [3.05, 3.63) is 30.2 Å². The fourth-order valence-corrected chi connectivity index (χ4v) is 3.54. The highest BCUT2D eigenvalue weighted by Gasteiger charge is 2.30. The van der Waals surface area contributed by atoms with Gasteiger partial charge in [0.15, 0.2) is 11.5 Å². The van der Waals surface area contributed by atoms with E-state index in [9.17, 15) is 0 Å². The van der Waals surface area contributed by atoms with Gasteiger partial charge in [0, 0.05) is 11.8 Å². The largest absolute Gasteiger partial charge is 0.441 e. The van der Waals surface area contributed by atoms with Gasteiger partial charge in [-0.15, -0.1) is 11.6 Å². The standard InChI is InChI=1S/C15H18ClNO/c1-10-5-4-6-11(10)12(16)9-15-17-13-7-2-3-8-14(13)18-15/h2-3,7-8,10-12H,4-6,9H2,1H3. The Kier molecular flexibility index (Phi) is 3.29. The number of hydrogen-bond acceptors (Lipinski definition) is 2. The van der Waals surface area contributed by atoms with E-state index in [0.29, 0.717) is 5.92 Å². The molecule has 0 bridgehead atoms. The van der Waals surface area contributed by atoms with E-state index < -0.39 is 0 Å². The molecule has 1 aromatic heterocycles. The Bertz CT molecular complexity index is 503. The van der Waals surface area contributed by atoms with Gasteiger partial charge in [-0.1, -0.05) is 31.9 Å². The van der Waals surface area contributed by atoms with Gasteiger partial charge >= 0.3 is 0 Å². The lowest BCUT2D eigenvalue weighted by Gasteiger charge is -2.19. The van der Waals surface area contributed by atoms with E-state index in [1.54, 1.807) is 0 Å². The van der Waals surface area contributed by atoms with Crippen LogP contribution >= 0.6 is 11.6 Å². The monoisotopic (exact) mass is 263 g/mol. The predicted molar refractivity (Wildman–Crippen MR) is 73.9 cm³/mol. The number of aromatic nitrogens is 1. The summed E-state index contributed by atoms with van der Waals surface area (Å²) < 4.78 is 5.74. The van der Waals surface area contributed by atoms with Crippen molar-refractivity contribution >= 4 is 22.7 Å². The topological polar surface area (TPSA) is 26.0 Å². The summed E-state index contributed by atoms with van der Waals surface area (Å²) in [5.74, 6) is 2.12. The number of fused-ring (bicyclic) bond motifs is 1. The molecule has 0 N–H and O–H groups in total. The average molecular weight is 264 g/mol. The average Bonchev–Trinajstić information content (AvgIpc) is 2.94. The Morgan fingerprint density at radius 1 is 1.39 bits per heavy atom. The van der Waals surface area contributed by atoms with E-state index in [0.717, 1.165) is 29.3 Å². The van der Waals surface area contributed by atoms with Gasteiger partial charge in [0.2, 0.25) is 0 Å². The number of hydrogen-bond donors (Lipinski definition) is 0. The van der Waals surface area contributed by atoms with Crippen molar-refractivity contribution in [3.8, 4) is 0 Å². The summed E-state index contributed by atoms with van der Waals surface area (Å²) in [5, 5.41) is 0.149. The molecule has 2 aromatic rings. The quantitative estimate of drug-likeness (QED) is 0.767. The number of alkyl halides is 1. The highest BCUT2D eigenvalue weighted by atomic mass is 35.5. The van der Waals surface area contributed by atoms with Crippen LogP contribution in [0.2, 0.25) is 0 Å². The number of oxazole rings is 1. The van der Waals surface area contributed by atoms with Crippen molar-refractivity contribution in [2.24, 2.45) is 11.8 Å². The van der Waals surface area contributed by atoms with Gasteiger partial charge in [0.05, 0.1) is 0 Å². The first-order valence-corrected chi connectivity index (χ1v) is 7.16. The summed E-state index contributed by atoms with van der Waals surface area (Å²) in [6, 6.07) is 7.87. The highest BCUT2D eigenvalue weighted by molar-refractivity contribution is 6.20. The van der Waals surface area contributed by atoms with Crippen LogP contribution in [0, 0.1) is 11.8 Å². The van der Waals surface area contributed by atoms with Crippen LogP contribution in [0.15, 0.2) is 28.7 Å². The summed E-state index contributed by atoms with van der Waals surface area (Å²) >= 11 is 6.54. The molecule has 3 unspecified atom stereocenters. The van der Waals surface area contributed by atoms with Gasteiger partial charge in [-0.2, -0.15) is 0 Å². The third-order valence-electron chi connectivity index (χ3n) is 4.10. The molecule has 1 aliphatic carbocycles. The first-order valence-electron chi connectivity index (χ1n) is 6.72. The molecular weight excluding hydrogens is 246 g/mol. The van der Waals surface area contributed by atoms with Crippen molar-refractivity contribution in [2.75, 3.05) is 0 Å². The number of halogens is 1. The number of rotatable bonds is 3. The summed E-state index contributed by atoms with van der Waals surface area (Å²) in [4.78, 5) is 4.50. The molecule has 0 amide bonds. The van der Waals surface area contributed by atoms with E-state index in [1.807, 2.05) is 24.3 Å². The minimum Gasteiger partial charge on any atom is -0.441 e. The molecule has 18 heavy (non-hydrogen) atoms. The zero-order valence-electron chi connectivity index (χ0n) is 10.6.